The number of hydrogen-bond donors (Lipinski definition) is 1. The van der Waals surface area contributed by atoms with Gasteiger partial charge in [0.2, 0.25) is 0 Å². The van der Waals surface area contributed by atoms with E-state index >= 15 is 0 Å². The summed E-state index contributed by atoms with van der Waals surface area (Å²) in [5.74, 6) is 0.829. The van der Waals surface area contributed by atoms with Crippen LogP contribution in [-0.2, 0) is 11.3 Å². The maximum atomic E-state index is 9.81. The first-order chi connectivity index (χ1) is 12.1. The molecule has 0 unspecified atom stereocenters. The number of likely N-dealkylation sites (N-methyl/N-ethyl adjacent to an activating group) is 1. The number of likely N-dealkylation sites (tertiary alicyclic amines) is 1. The average molecular weight is 346 g/mol. The van der Waals surface area contributed by atoms with Crippen molar-refractivity contribution < 1.29 is 9.84 Å². The van der Waals surface area contributed by atoms with E-state index in [2.05, 4.69) is 39.4 Å². The molecule has 0 spiro atoms. The third-order valence-corrected chi connectivity index (χ3v) is 5.31. The van der Waals surface area contributed by atoms with Crippen LogP contribution in [0.15, 0.2) is 24.4 Å². The second-order valence-electron chi connectivity index (χ2n) is 7.22. The van der Waals surface area contributed by atoms with E-state index in [-0.39, 0.29) is 6.61 Å². The highest BCUT2D eigenvalue weighted by Crippen LogP contribution is 2.26. The number of imidazole rings is 1. The van der Waals surface area contributed by atoms with Gasteiger partial charge in [0.15, 0.2) is 0 Å². The predicted molar refractivity (Wildman–Crippen MR) is 98.6 cm³/mol. The van der Waals surface area contributed by atoms with Gasteiger partial charge in [-0.1, -0.05) is 6.07 Å². The van der Waals surface area contributed by atoms with E-state index in [9.17, 15) is 5.11 Å². The van der Waals surface area contributed by atoms with Crippen LogP contribution in [0.3, 0.4) is 0 Å². The van der Waals surface area contributed by atoms with Crippen LogP contribution in [-0.4, -0.2) is 77.8 Å². The molecular formula is C19H30N4O2. The zero-order valence-corrected chi connectivity index (χ0v) is 15.6. The molecule has 2 atom stereocenters. The van der Waals surface area contributed by atoms with Gasteiger partial charge in [-0.25, -0.2) is 4.98 Å². The Kier molecular flexibility index (Phi) is 6.06. The molecule has 0 radical (unpaired) electrons. The topological polar surface area (TPSA) is 53.2 Å². The van der Waals surface area contributed by atoms with Gasteiger partial charge in [0.05, 0.1) is 18.0 Å². The number of aliphatic hydroxyl groups excluding tert-OH is 1. The molecule has 1 N–H and O–H groups in total. The van der Waals surface area contributed by atoms with E-state index in [4.69, 9.17) is 4.74 Å². The highest BCUT2D eigenvalue weighted by molar-refractivity contribution is 5.42. The number of methoxy groups -OCH3 is 1. The number of nitrogens with zero attached hydrogens (tertiary/aromatic N) is 4. The number of fused-ring (bicyclic) bond motifs is 1. The number of pyridine rings is 1. The van der Waals surface area contributed by atoms with Crippen LogP contribution in [0.5, 0.6) is 0 Å². The maximum absolute atomic E-state index is 9.81. The quantitative estimate of drug-likeness (QED) is 0.780. The van der Waals surface area contributed by atoms with Crippen LogP contribution < -0.4 is 0 Å². The minimum Gasteiger partial charge on any atom is -0.396 e. The van der Waals surface area contributed by atoms with Gasteiger partial charge >= 0.3 is 0 Å². The summed E-state index contributed by atoms with van der Waals surface area (Å²) in [5.41, 5.74) is 3.34. The van der Waals surface area contributed by atoms with Crippen LogP contribution >= 0.6 is 0 Å². The Bertz CT molecular complexity index is 687. The van der Waals surface area contributed by atoms with Crippen molar-refractivity contribution in [3.63, 3.8) is 0 Å². The molecule has 2 aromatic rings. The Morgan fingerprint density at radius 1 is 1.32 bits per heavy atom. The Morgan fingerprint density at radius 3 is 2.88 bits per heavy atom. The molecule has 1 aliphatic rings. The van der Waals surface area contributed by atoms with E-state index < -0.39 is 0 Å². The van der Waals surface area contributed by atoms with Gasteiger partial charge in [-0.05, 0) is 37.9 Å². The lowest BCUT2D eigenvalue weighted by atomic mass is 9.96. The summed E-state index contributed by atoms with van der Waals surface area (Å²) < 4.78 is 7.35. The molecule has 6 heteroatoms. The number of aromatic nitrogens is 2. The van der Waals surface area contributed by atoms with Crippen molar-refractivity contribution in [2.45, 2.75) is 13.5 Å². The van der Waals surface area contributed by atoms with Crippen LogP contribution in [0.4, 0.5) is 0 Å². The first-order valence-electron chi connectivity index (χ1n) is 9.05. The van der Waals surface area contributed by atoms with Gasteiger partial charge in [0.25, 0.3) is 0 Å². The summed E-state index contributed by atoms with van der Waals surface area (Å²) in [4.78, 5) is 9.42. The fourth-order valence-electron chi connectivity index (χ4n) is 3.88. The normalized spacial score (nSPS) is 21.6. The van der Waals surface area contributed by atoms with E-state index in [1.54, 1.807) is 7.11 Å². The molecule has 0 amide bonds. The van der Waals surface area contributed by atoms with E-state index in [0.29, 0.717) is 11.8 Å². The third kappa shape index (κ3) is 4.20. The first-order valence-corrected chi connectivity index (χ1v) is 9.05. The molecular weight excluding hydrogens is 316 g/mol. The number of aliphatic hydroxyl groups is 1. The SMILES string of the molecule is COCCN(C)C[C@@H]1CN(Cc2c(C)nc3ccccn23)C[C@@H]1CO. The monoisotopic (exact) mass is 346 g/mol. The Balaban J connectivity index is 1.66. The van der Waals surface area contributed by atoms with Gasteiger partial charge in [0.1, 0.15) is 5.65 Å². The van der Waals surface area contributed by atoms with Gasteiger partial charge in [-0.3, -0.25) is 4.90 Å². The zero-order chi connectivity index (χ0) is 17.8. The zero-order valence-electron chi connectivity index (χ0n) is 15.6. The molecule has 1 saturated heterocycles. The number of rotatable bonds is 8. The molecule has 3 rings (SSSR count). The van der Waals surface area contributed by atoms with Crippen molar-refractivity contribution in [2.75, 3.05) is 53.6 Å². The minimum atomic E-state index is 0.255. The molecule has 6 nitrogen and oxygen atoms in total. The Hall–Kier alpha value is -1.47. The van der Waals surface area contributed by atoms with E-state index in [0.717, 1.165) is 50.7 Å². The van der Waals surface area contributed by atoms with Gasteiger partial charge < -0.3 is 19.1 Å². The fourth-order valence-corrected chi connectivity index (χ4v) is 3.88. The van der Waals surface area contributed by atoms with Crippen LogP contribution in [0.25, 0.3) is 5.65 Å². The predicted octanol–water partition coefficient (Wildman–Crippen LogP) is 1.26. The first kappa shape index (κ1) is 18.3. The summed E-state index contributed by atoms with van der Waals surface area (Å²) in [7, 11) is 3.87. The Labute approximate surface area is 150 Å². The summed E-state index contributed by atoms with van der Waals surface area (Å²) in [6.07, 6.45) is 2.08. The summed E-state index contributed by atoms with van der Waals surface area (Å²) in [5, 5.41) is 9.81. The highest BCUT2D eigenvalue weighted by atomic mass is 16.5. The molecule has 0 aliphatic carbocycles. The largest absolute Gasteiger partial charge is 0.396 e. The summed E-state index contributed by atoms with van der Waals surface area (Å²) >= 11 is 0. The van der Waals surface area contributed by atoms with Crippen molar-refractivity contribution >= 4 is 5.65 Å². The second kappa shape index (κ2) is 8.27. The lowest BCUT2D eigenvalue weighted by Crippen LogP contribution is -2.33. The molecule has 0 aromatic carbocycles. The molecule has 138 valence electrons. The van der Waals surface area contributed by atoms with Crippen molar-refractivity contribution in [3.8, 4) is 0 Å². The lowest BCUT2D eigenvalue weighted by molar-refractivity contribution is 0.136. The van der Waals surface area contributed by atoms with Crippen molar-refractivity contribution in [1.29, 1.82) is 0 Å². The third-order valence-electron chi connectivity index (χ3n) is 5.31. The van der Waals surface area contributed by atoms with Crippen LogP contribution in [0.1, 0.15) is 11.4 Å². The standard InChI is InChI=1S/C19H30N4O2/c1-15-18(23-7-5-4-6-19(23)20-15)13-22-11-16(17(12-22)14-24)10-21(2)8-9-25-3/h4-7,16-17,24H,8-14H2,1-3H3/t16-,17-/m1/s1. The minimum absolute atomic E-state index is 0.255. The van der Waals surface area contributed by atoms with Crippen LogP contribution in [0.2, 0.25) is 0 Å². The molecule has 0 bridgehead atoms. The maximum Gasteiger partial charge on any atom is 0.137 e. The van der Waals surface area contributed by atoms with E-state index in [1.807, 2.05) is 18.2 Å². The summed E-state index contributed by atoms with van der Waals surface area (Å²) in [6, 6.07) is 6.12. The molecule has 3 heterocycles. The average Bonchev–Trinajstić information content (AvgIpc) is 3.14. The molecule has 0 saturated carbocycles. The van der Waals surface area contributed by atoms with Crippen molar-refractivity contribution in [2.24, 2.45) is 11.8 Å². The smallest absolute Gasteiger partial charge is 0.137 e. The second-order valence-corrected chi connectivity index (χ2v) is 7.22. The number of ether oxygens (including phenoxy) is 1. The molecule has 1 aliphatic heterocycles. The van der Waals surface area contributed by atoms with Gasteiger partial charge in [-0.2, -0.15) is 0 Å². The van der Waals surface area contributed by atoms with Crippen molar-refractivity contribution in [1.82, 2.24) is 19.2 Å². The molecule has 1 fully saturated rings. The molecule has 25 heavy (non-hydrogen) atoms. The van der Waals surface area contributed by atoms with Crippen LogP contribution in [0, 0.1) is 18.8 Å². The Morgan fingerprint density at radius 2 is 2.12 bits per heavy atom. The number of aryl methyl sites for hydroxylation is 1. The summed E-state index contributed by atoms with van der Waals surface area (Å²) in [6.45, 7) is 7.85. The fraction of sp³-hybridized carbons (Fsp3) is 0.632. The van der Waals surface area contributed by atoms with Gasteiger partial charge in [-0.15, -0.1) is 0 Å². The lowest BCUT2D eigenvalue weighted by Gasteiger charge is -2.23. The highest BCUT2D eigenvalue weighted by Gasteiger charge is 2.33. The van der Waals surface area contributed by atoms with Gasteiger partial charge in [0, 0.05) is 52.6 Å². The van der Waals surface area contributed by atoms with Crippen molar-refractivity contribution in [3.05, 3.63) is 35.8 Å². The number of hydrogen-bond acceptors (Lipinski definition) is 5. The molecule has 2 aromatic heterocycles. The van der Waals surface area contributed by atoms with E-state index in [1.165, 1.54) is 5.69 Å².